The average molecular weight is 215 g/mol. The van der Waals surface area contributed by atoms with Gasteiger partial charge in [-0.05, 0) is 26.7 Å². The highest BCUT2D eigenvalue weighted by Crippen LogP contribution is 2.27. The molecule has 0 aliphatic heterocycles. The third-order valence-corrected chi connectivity index (χ3v) is 2.13. The SMILES string of the molecule is CC(C)OC(=O)N(CCC(=O)O)C1CC1. The number of hydrogen-bond acceptors (Lipinski definition) is 3. The Bertz CT molecular complexity index is 248. The van der Waals surface area contributed by atoms with Gasteiger partial charge < -0.3 is 14.7 Å². The van der Waals surface area contributed by atoms with Crippen molar-refractivity contribution in [1.82, 2.24) is 4.90 Å². The van der Waals surface area contributed by atoms with Crippen LogP contribution in [0.2, 0.25) is 0 Å². The van der Waals surface area contributed by atoms with E-state index in [4.69, 9.17) is 9.84 Å². The Morgan fingerprint density at radius 2 is 2.07 bits per heavy atom. The summed E-state index contributed by atoms with van der Waals surface area (Å²) in [5.74, 6) is -0.891. The third kappa shape index (κ3) is 4.18. The summed E-state index contributed by atoms with van der Waals surface area (Å²) in [5.41, 5.74) is 0. The molecular weight excluding hydrogens is 198 g/mol. The summed E-state index contributed by atoms with van der Waals surface area (Å²) in [6.07, 6.45) is 1.32. The van der Waals surface area contributed by atoms with Crippen molar-refractivity contribution < 1.29 is 19.4 Å². The van der Waals surface area contributed by atoms with Crippen LogP contribution in [0.1, 0.15) is 33.1 Å². The fourth-order valence-corrected chi connectivity index (χ4v) is 1.29. The number of nitrogens with zero attached hydrogens (tertiary/aromatic N) is 1. The molecule has 0 unspecified atom stereocenters. The first-order chi connectivity index (χ1) is 7.00. The molecule has 0 atom stereocenters. The van der Waals surface area contributed by atoms with Crippen LogP contribution in [-0.4, -0.2) is 40.8 Å². The first-order valence-electron chi connectivity index (χ1n) is 5.19. The molecule has 15 heavy (non-hydrogen) atoms. The number of carboxylic acid groups (broad SMARTS) is 1. The maximum Gasteiger partial charge on any atom is 0.410 e. The van der Waals surface area contributed by atoms with E-state index in [0.29, 0.717) is 0 Å². The fourth-order valence-electron chi connectivity index (χ4n) is 1.29. The van der Waals surface area contributed by atoms with Crippen LogP contribution < -0.4 is 0 Å². The molecule has 0 bridgehead atoms. The lowest BCUT2D eigenvalue weighted by atomic mass is 10.4. The topological polar surface area (TPSA) is 66.8 Å². The first kappa shape index (κ1) is 11.8. The van der Waals surface area contributed by atoms with Gasteiger partial charge in [0.2, 0.25) is 0 Å². The Kier molecular flexibility index (Phi) is 3.94. The molecule has 0 heterocycles. The second kappa shape index (κ2) is 5.00. The number of ether oxygens (including phenoxy) is 1. The Morgan fingerprint density at radius 1 is 1.47 bits per heavy atom. The van der Waals surface area contributed by atoms with Crippen molar-refractivity contribution in [3.8, 4) is 0 Å². The van der Waals surface area contributed by atoms with Crippen molar-refractivity contribution in [3.63, 3.8) is 0 Å². The largest absolute Gasteiger partial charge is 0.481 e. The molecule has 1 N–H and O–H groups in total. The van der Waals surface area contributed by atoms with Gasteiger partial charge in [0, 0.05) is 12.6 Å². The van der Waals surface area contributed by atoms with Crippen molar-refractivity contribution in [3.05, 3.63) is 0 Å². The van der Waals surface area contributed by atoms with Crippen molar-refractivity contribution in [2.24, 2.45) is 0 Å². The zero-order chi connectivity index (χ0) is 11.4. The van der Waals surface area contributed by atoms with Crippen LogP contribution in [0.3, 0.4) is 0 Å². The molecule has 1 aliphatic rings. The van der Waals surface area contributed by atoms with Crippen LogP contribution >= 0.6 is 0 Å². The van der Waals surface area contributed by atoms with Gasteiger partial charge in [0.05, 0.1) is 12.5 Å². The lowest BCUT2D eigenvalue weighted by Gasteiger charge is -2.22. The number of carboxylic acids is 1. The van der Waals surface area contributed by atoms with Crippen molar-refractivity contribution in [2.75, 3.05) is 6.54 Å². The van der Waals surface area contributed by atoms with E-state index < -0.39 is 12.1 Å². The van der Waals surface area contributed by atoms with Gasteiger partial charge in [-0.15, -0.1) is 0 Å². The molecule has 0 aromatic carbocycles. The van der Waals surface area contributed by atoms with Gasteiger partial charge in [-0.3, -0.25) is 4.79 Å². The molecule has 1 fully saturated rings. The molecule has 1 saturated carbocycles. The maximum atomic E-state index is 11.6. The second-order valence-electron chi connectivity index (χ2n) is 4.00. The summed E-state index contributed by atoms with van der Waals surface area (Å²) in [7, 11) is 0. The summed E-state index contributed by atoms with van der Waals surface area (Å²) < 4.78 is 5.04. The molecule has 0 spiro atoms. The predicted octanol–water partition coefficient (Wildman–Crippen LogP) is 1.47. The minimum atomic E-state index is -0.891. The lowest BCUT2D eigenvalue weighted by molar-refractivity contribution is -0.137. The van der Waals surface area contributed by atoms with Gasteiger partial charge in [-0.2, -0.15) is 0 Å². The number of carbonyl (C=O) groups is 2. The van der Waals surface area contributed by atoms with Gasteiger partial charge in [-0.25, -0.2) is 4.79 Å². The number of rotatable bonds is 5. The van der Waals surface area contributed by atoms with Gasteiger partial charge in [0.25, 0.3) is 0 Å². The minimum absolute atomic E-state index is 0.0241. The normalized spacial score (nSPS) is 15.1. The lowest BCUT2D eigenvalue weighted by Crippen LogP contribution is -2.36. The zero-order valence-electron chi connectivity index (χ0n) is 9.10. The highest BCUT2D eigenvalue weighted by molar-refractivity contribution is 5.71. The molecule has 0 aromatic heterocycles. The van der Waals surface area contributed by atoms with Gasteiger partial charge in [0.15, 0.2) is 0 Å². The average Bonchev–Trinajstić information content (AvgIpc) is 2.86. The quantitative estimate of drug-likeness (QED) is 0.754. The Morgan fingerprint density at radius 3 is 2.47 bits per heavy atom. The Balaban J connectivity index is 2.42. The van der Waals surface area contributed by atoms with E-state index >= 15 is 0 Å². The van der Waals surface area contributed by atoms with E-state index in [2.05, 4.69) is 0 Å². The van der Waals surface area contributed by atoms with Crippen molar-refractivity contribution in [1.29, 1.82) is 0 Å². The summed E-state index contributed by atoms with van der Waals surface area (Å²) in [5, 5.41) is 8.55. The monoisotopic (exact) mass is 215 g/mol. The standard InChI is InChI=1S/C10H17NO4/c1-7(2)15-10(14)11(8-3-4-8)6-5-9(12)13/h7-8H,3-6H2,1-2H3,(H,12,13). The van der Waals surface area contributed by atoms with Crippen molar-refractivity contribution >= 4 is 12.1 Å². The highest BCUT2D eigenvalue weighted by atomic mass is 16.6. The predicted molar refractivity (Wildman–Crippen MR) is 53.6 cm³/mol. The summed E-state index contributed by atoms with van der Waals surface area (Å²) in [6.45, 7) is 3.80. The summed E-state index contributed by atoms with van der Waals surface area (Å²) >= 11 is 0. The van der Waals surface area contributed by atoms with E-state index in [1.165, 1.54) is 4.90 Å². The highest BCUT2D eigenvalue weighted by Gasteiger charge is 2.33. The van der Waals surface area contributed by atoms with E-state index in [1.54, 1.807) is 13.8 Å². The van der Waals surface area contributed by atoms with E-state index in [1.807, 2.05) is 0 Å². The molecule has 1 amide bonds. The molecule has 0 aromatic rings. The van der Waals surface area contributed by atoms with E-state index in [0.717, 1.165) is 12.8 Å². The minimum Gasteiger partial charge on any atom is -0.481 e. The molecule has 0 radical (unpaired) electrons. The second-order valence-corrected chi connectivity index (χ2v) is 4.00. The van der Waals surface area contributed by atoms with Crippen LogP contribution in [0.25, 0.3) is 0 Å². The Hall–Kier alpha value is -1.26. The third-order valence-electron chi connectivity index (χ3n) is 2.13. The molecule has 5 nitrogen and oxygen atoms in total. The smallest absolute Gasteiger partial charge is 0.410 e. The molecule has 1 rings (SSSR count). The molecule has 1 aliphatic carbocycles. The molecule has 5 heteroatoms. The number of amides is 1. The number of aliphatic carboxylic acids is 1. The number of hydrogen-bond donors (Lipinski definition) is 1. The van der Waals surface area contributed by atoms with Crippen LogP contribution in [0.5, 0.6) is 0 Å². The van der Waals surface area contributed by atoms with E-state index in [-0.39, 0.29) is 25.1 Å². The van der Waals surface area contributed by atoms with Crippen LogP contribution in [0.4, 0.5) is 4.79 Å². The van der Waals surface area contributed by atoms with Crippen LogP contribution in [0, 0.1) is 0 Å². The van der Waals surface area contributed by atoms with Gasteiger partial charge in [0.1, 0.15) is 0 Å². The summed E-state index contributed by atoms with van der Waals surface area (Å²) in [6, 6.07) is 0.190. The first-order valence-corrected chi connectivity index (χ1v) is 5.19. The number of carbonyl (C=O) groups excluding carboxylic acids is 1. The Labute approximate surface area is 89.0 Å². The maximum absolute atomic E-state index is 11.6. The van der Waals surface area contributed by atoms with Crippen LogP contribution in [-0.2, 0) is 9.53 Å². The van der Waals surface area contributed by atoms with E-state index in [9.17, 15) is 9.59 Å². The zero-order valence-corrected chi connectivity index (χ0v) is 9.10. The molecule has 0 saturated heterocycles. The molecule has 86 valence electrons. The van der Waals surface area contributed by atoms with Gasteiger partial charge in [-0.1, -0.05) is 0 Å². The molecular formula is C10H17NO4. The summed E-state index contributed by atoms with van der Waals surface area (Å²) in [4.78, 5) is 23.5. The fraction of sp³-hybridized carbons (Fsp3) is 0.800. The van der Waals surface area contributed by atoms with Gasteiger partial charge >= 0.3 is 12.1 Å². The van der Waals surface area contributed by atoms with Crippen molar-refractivity contribution in [2.45, 2.75) is 45.3 Å². The van der Waals surface area contributed by atoms with Crippen LogP contribution in [0.15, 0.2) is 0 Å².